The third-order valence-corrected chi connectivity index (χ3v) is 3.77. The van der Waals surface area contributed by atoms with Crippen LogP contribution in [0, 0.1) is 11.8 Å². The summed E-state index contributed by atoms with van der Waals surface area (Å²) in [7, 11) is 0. The lowest BCUT2D eigenvalue weighted by atomic mass is 9.99. The average molecular weight is 362 g/mol. The second-order valence-corrected chi connectivity index (χ2v) is 7.27. The fourth-order valence-corrected chi connectivity index (χ4v) is 2.60. The van der Waals surface area contributed by atoms with Crippen LogP contribution < -0.4 is 10.6 Å². The quantitative estimate of drug-likeness (QED) is 0.625. The van der Waals surface area contributed by atoms with Gasteiger partial charge in [-0.1, -0.05) is 58.0 Å². The van der Waals surface area contributed by atoms with Gasteiger partial charge >= 0.3 is 6.09 Å². The van der Waals surface area contributed by atoms with E-state index >= 15 is 0 Å². The Balaban J connectivity index is 2.60. The molecule has 0 aromatic heterocycles. The van der Waals surface area contributed by atoms with Crippen molar-refractivity contribution in [3.05, 3.63) is 35.9 Å². The lowest BCUT2D eigenvalue weighted by molar-refractivity contribution is -0.123. The van der Waals surface area contributed by atoms with Crippen LogP contribution >= 0.6 is 0 Å². The monoisotopic (exact) mass is 362 g/mol. The van der Waals surface area contributed by atoms with Crippen LogP contribution in [0.2, 0.25) is 0 Å². The minimum Gasteiger partial charge on any atom is -0.444 e. The summed E-state index contributed by atoms with van der Waals surface area (Å²) in [6.07, 6.45) is 1.17. The van der Waals surface area contributed by atoms with Crippen molar-refractivity contribution in [1.82, 2.24) is 10.6 Å². The Bertz CT molecular complexity index is 572. The molecule has 144 valence electrons. The van der Waals surface area contributed by atoms with Crippen LogP contribution in [0.3, 0.4) is 0 Å². The number of nitrogens with one attached hydrogen (secondary N) is 2. The molecule has 2 N–H and O–H groups in total. The number of imide groups is 1. The van der Waals surface area contributed by atoms with Crippen LogP contribution in [0.25, 0.3) is 0 Å². The average Bonchev–Trinajstić information content (AvgIpc) is 2.58. The first-order chi connectivity index (χ1) is 12.3. The topological polar surface area (TPSA) is 84.5 Å². The summed E-state index contributed by atoms with van der Waals surface area (Å²) in [6.45, 7) is 8.07. The van der Waals surface area contributed by atoms with Crippen molar-refractivity contribution < 1.29 is 19.1 Å². The lowest BCUT2D eigenvalue weighted by Gasteiger charge is -2.24. The lowest BCUT2D eigenvalue weighted by Crippen LogP contribution is -2.51. The summed E-state index contributed by atoms with van der Waals surface area (Å²) in [5.74, 6) is 0.0635. The third kappa shape index (κ3) is 8.76. The fourth-order valence-electron chi connectivity index (χ4n) is 2.60. The highest BCUT2D eigenvalue weighted by atomic mass is 16.5. The smallest absolute Gasteiger partial charge is 0.414 e. The van der Waals surface area contributed by atoms with Gasteiger partial charge in [0.25, 0.3) is 0 Å². The fraction of sp³-hybridized carbons (Fsp3) is 0.550. The molecule has 1 aromatic carbocycles. The Morgan fingerprint density at radius 3 is 2.19 bits per heavy atom. The van der Waals surface area contributed by atoms with Crippen molar-refractivity contribution in [2.24, 2.45) is 11.8 Å². The summed E-state index contributed by atoms with van der Waals surface area (Å²) >= 11 is 0. The van der Waals surface area contributed by atoms with Gasteiger partial charge in [0, 0.05) is 0 Å². The predicted octanol–water partition coefficient (Wildman–Crippen LogP) is 3.06. The summed E-state index contributed by atoms with van der Waals surface area (Å²) in [4.78, 5) is 35.6. The van der Waals surface area contributed by atoms with Crippen LogP contribution in [0.4, 0.5) is 4.79 Å². The second kappa shape index (κ2) is 11.4. The minimum atomic E-state index is -0.791. The van der Waals surface area contributed by atoms with Crippen molar-refractivity contribution in [2.75, 3.05) is 0 Å². The van der Waals surface area contributed by atoms with E-state index in [4.69, 9.17) is 4.74 Å². The molecule has 0 saturated carbocycles. The van der Waals surface area contributed by atoms with E-state index in [1.54, 1.807) is 0 Å². The van der Waals surface area contributed by atoms with Crippen LogP contribution in [0.1, 0.15) is 46.1 Å². The predicted molar refractivity (Wildman–Crippen MR) is 100 cm³/mol. The zero-order chi connectivity index (χ0) is 19.5. The Morgan fingerprint density at radius 1 is 1.04 bits per heavy atom. The Kier molecular flexibility index (Phi) is 9.58. The van der Waals surface area contributed by atoms with Gasteiger partial charge in [-0.05, 0) is 30.2 Å². The number of rotatable bonds is 10. The van der Waals surface area contributed by atoms with Crippen molar-refractivity contribution >= 4 is 18.3 Å². The number of carbonyl (C=O) groups excluding carboxylic acids is 3. The van der Waals surface area contributed by atoms with Gasteiger partial charge in [0.2, 0.25) is 5.91 Å². The molecule has 2 amide bonds. The highest BCUT2D eigenvalue weighted by Gasteiger charge is 2.25. The highest BCUT2D eigenvalue weighted by molar-refractivity contribution is 5.95. The van der Waals surface area contributed by atoms with E-state index in [0.717, 1.165) is 11.8 Å². The number of hydrogen-bond donors (Lipinski definition) is 2. The third-order valence-electron chi connectivity index (χ3n) is 3.77. The Labute approximate surface area is 155 Å². The molecular formula is C20H30N2O4. The van der Waals surface area contributed by atoms with Gasteiger partial charge < -0.3 is 9.53 Å². The zero-order valence-electron chi connectivity index (χ0n) is 16.0. The highest BCUT2D eigenvalue weighted by Crippen LogP contribution is 2.09. The van der Waals surface area contributed by atoms with Gasteiger partial charge in [-0.15, -0.1) is 0 Å². The molecule has 0 unspecified atom stereocenters. The summed E-state index contributed by atoms with van der Waals surface area (Å²) in [5.41, 5.74) is 0.838. The van der Waals surface area contributed by atoms with Crippen molar-refractivity contribution in [1.29, 1.82) is 0 Å². The maximum atomic E-state index is 12.4. The number of hydrogen-bond acceptors (Lipinski definition) is 5. The van der Waals surface area contributed by atoms with Crippen molar-refractivity contribution in [2.45, 2.75) is 59.2 Å². The van der Waals surface area contributed by atoms with Crippen molar-refractivity contribution in [3.63, 3.8) is 0 Å². The van der Waals surface area contributed by atoms with Crippen LogP contribution in [-0.2, 0) is 20.9 Å². The first-order valence-corrected chi connectivity index (χ1v) is 9.04. The van der Waals surface area contributed by atoms with Gasteiger partial charge in [-0.2, -0.15) is 0 Å². The van der Waals surface area contributed by atoms with Crippen molar-refractivity contribution in [3.8, 4) is 0 Å². The van der Waals surface area contributed by atoms with Gasteiger partial charge in [0.15, 0.2) is 0 Å². The van der Waals surface area contributed by atoms with E-state index < -0.39 is 24.1 Å². The molecule has 0 bridgehead atoms. The minimum absolute atomic E-state index is 0.0898. The first kappa shape index (κ1) is 21.8. The van der Waals surface area contributed by atoms with E-state index in [1.165, 1.54) is 0 Å². The molecule has 0 radical (unpaired) electrons. The van der Waals surface area contributed by atoms with Gasteiger partial charge in [-0.3, -0.25) is 15.4 Å². The SMILES string of the molecule is CC(C)C[C@@H](C=O)N[C@@H](CC(C)C)C(=O)NC(=O)OCc1ccccc1. The largest absolute Gasteiger partial charge is 0.444 e. The normalized spacial score (nSPS) is 13.3. The molecule has 1 rings (SSSR count). The number of amides is 2. The number of ether oxygens (including phenoxy) is 1. The summed E-state index contributed by atoms with van der Waals surface area (Å²) in [6, 6.07) is 8.17. The molecule has 26 heavy (non-hydrogen) atoms. The molecular weight excluding hydrogens is 332 g/mol. The second-order valence-electron chi connectivity index (χ2n) is 7.27. The van der Waals surface area contributed by atoms with Crippen LogP contribution in [0.15, 0.2) is 30.3 Å². The van der Waals surface area contributed by atoms with E-state index in [-0.39, 0.29) is 12.5 Å². The molecule has 0 fully saturated rings. The number of aldehydes is 1. The van der Waals surface area contributed by atoms with Crippen LogP contribution in [0.5, 0.6) is 0 Å². The zero-order valence-corrected chi connectivity index (χ0v) is 16.0. The molecule has 0 aliphatic heterocycles. The molecule has 0 spiro atoms. The summed E-state index contributed by atoms with van der Waals surface area (Å²) in [5, 5.41) is 5.32. The van der Waals surface area contributed by atoms with E-state index in [0.29, 0.717) is 18.8 Å². The number of alkyl carbamates (subject to hydrolysis) is 1. The molecule has 0 heterocycles. The van der Waals surface area contributed by atoms with Gasteiger partial charge in [0.05, 0.1) is 12.1 Å². The molecule has 0 saturated heterocycles. The first-order valence-electron chi connectivity index (χ1n) is 9.04. The standard InChI is InChI=1S/C20H30N2O4/c1-14(2)10-17(12-23)21-18(11-15(3)4)19(24)22-20(25)26-13-16-8-6-5-7-9-16/h5-9,12,14-15,17-18,21H,10-11,13H2,1-4H3,(H,22,24,25)/t17-,18-/m0/s1. The molecule has 2 atom stereocenters. The van der Waals surface area contributed by atoms with E-state index in [2.05, 4.69) is 10.6 Å². The van der Waals surface area contributed by atoms with Crippen LogP contribution in [-0.4, -0.2) is 30.4 Å². The Hall–Kier alpha value is -2.21. The molecule has 1 aromatic rings. The van der Waals surface area contributed by atoms with Gasteiger partial charge in [0.1, 0.15) is 12.9 Å². The number of carbonyl (C=O) groups is 3. The maximum absolute atomic E-state index is 12.4. The van der Waals surface area contributed by atoms with Gasteiger partial charge in [-0.25, -0.2) is 4.79 Å². The molecule has 0 aliphatic rings. The summed E-state index contributed by atoms with van der Waals surface area (Å²) < 4.78 is 5.08. The molecule has 6 nitrogen and oxygen atoms in total. The molecule has 0 aliphatic carbocycles. The number of benzene rings is 1. The Morgan fingerprint density at radius 2 is 1.65 bits per heavy atom. The molecule has 6 heteroatoms. The maximum Gasteiger partial charge on any atom is 0.414 e. The van der Waals surface area contributed by atoms with E-state index in [1.807, 2.05) is 58.0 Å². The van der Waals surface area contributed by atoms with E-state index in [9.17, 15) is 14.4 Å².